The molecule has 1 heterocycles. The van der Waals surface area contributed by atoms with Crippen molar-refractivity contribution in [3.05, 3.63) is 71.7 Å². The minimum absolute atomic E-state index is 0.788. The molecule has 21 heavy (non-hydrogen) atoms. The van der Waals surface area contributed by atoms with Crippen molar-refractivity contribution in [1.82, 2.24) is 4.98 Å². The molecule has 0 unspecified atom stereocenters. The smallest absolute Gasteiger partial charge is 0.181 e. The average Bonchev–Trinajstić information content (AvgIpc) is 3.03. The highest BCUT2D eigenvalue weighted by Gasteiger charge is 2.02. The topological polar surface area (TPSA) is 38.1 Å². The van der Waals surface area contributed by atoms with Gasteiger partial charge in [-0.05, 0) is 49.2 Å². The zero-order valence-corrected chi connectivity index (χ0v) is 12.3. The second kappa shape index (κ2) is 5.83. The summed E-state index contributed by atoms with van der Waals surface area (Å²) in [5, 5.41) is 3.46. The van der Waals surface area contributed by atoms with Crippen LogP contribution in [-0.2, 0) is 6.54 Å². The van der Waals surface area contributed by atoms with E-state index in [4.69, 9.17) is 4.42 Å². The van der Waals surface area contributed by atoms with Gasteiger partial charge in [-0.25, -0.2) is 4.98 Å². The Balaban J connectivity index is 1.70. The Labute approximate surface area is 124 Å². The van der Waals surface area contributed by atoms with Crippen LogP contribution in [0.4, 0.5) is 5.69 Å². The van der Waals surface area contributed by atoms with Crippen molar-refractivity contribution >= 4 is 5.69 Å². The lowest BCUT2D eigenvalue weighted by molar-refractivity contribution is 0.572. The third kappa shape index (κ3) is 3.14. The second-order valence-electron chi connectivity index (χ2n) is 5.23. The number of aromatic nitrogens is 1. The average molecular weight is 278 g/mol. The summed E-state index contributed by atoms with van der Waals surface area (Å²) in [6.07, 6.45) is 3.17. The van der Waals surface area contributed by atoms with Crippen LogP contribution >= 0.6 is 0 Å². The standard InChI is InChI=1S/C18H18N2O/c1-13-3-4-14(2)16(9-13)10-20-17-7-5-15(6-8-17)18-11-19-12-21-18/h3-9,11-12,20H,10H2,1-2H3. The molecule has 106 valence electrons. The molecular formula is C18H18N2O. The van der Waals surface area contributed by atoms with Gasteiger partial charge >= 0.3 is 0 Å². The van der Waals surface area contributed by atoms with Crippen LogP contribution in [0.15, 0.2) is 59.5 Å². The van der Waals surface area contributed by atoms with E-state index in [-0.39, 0.29) is 0 Å². The van der Waals surface area contributed by atoms with Gasteiger partial charge in [0.1, 0.15) is 0 Å². The molecule has 3 rings (SSSR count). The van der Waals surface area contributed by atoms with E-state index in [1.54, 1.807) is 6.20 Å². The highest BCUT2D eigenvalue weighted by molar-refractivity contribution is 5.60. The summed E-state index contributed by atoms with van der Waals surface area (Å²) in [5.41, 5.74) is 6.06. The summed E-state index contributed by atoms with van der Waals surface area (Å²) in [6, 6.07) is 14.7. The first-order valence-electron chi connectivity index (χ1n) is 7.01. The largest absolute Gasteiger partial charge is 0.444 e. The molecule has 0 aliphatic rings. The molecule has 0 fully saturated rings. The van der Waals surface area contributed by atoms with Gasteiger partial charge in [0.15, 0.2) is 12.2 Å². The SMILES string of the molecule is Cc1ccc(C)c(CNc2ccc(-c3cnco3)cc2)c1. The van der Waals surface area contributed by atoms with Crippen molar-refractivity contribution in [2.75, 3.05) is 5.32 Å². The number of nitrogens with one attached hydrogen (secondary N) is 1. The maximum absolute atomic E-state index is 5.29. The number of hydrogen-bond donors (Lipinski definition) is 1. The Bertz CT molecular complexity index is 715. The zero-order chi connectivity index (χ0) is 14.7. The van der Waals surface area contributed by atoms with Crippen LogP contribution < -0.4 is 5.32 Å². The first-order valence-corrected chi connectivity index (χ1v) is 7.01. The first kappa shape index (κ1) is 13.4. The lowest BCUT2D eigenvalue weighted by atomic mass is 10.1. The van der Waals surface area contributed by atoms with Gasteiger partial charge in [-0.15, -0.1) is 0 Å². The number of oxazole rings is 1. The summed E-state index contributed by atoms with van der Waals surface area (Å²) in [7, 11) is 0. The minimum Gasteiger partial charge on any atom is -0.444 e. The maximum Gasteiger partial charge on any atom is 0.181 e. The van der Waals surface area contributed by atoms with Crippen LogP contribution in [0, 0.1) is 13.8 Å². The van der Waals surface area contributed by atoms with Crippen LogP contribution in [-0.4, -0.2) is 4.98 Å². The van der Waals surface area contributed by atoms with Gasteiger partial charge in [0.2, 0.25) is 0 Å². The van der Waals surface area contributed by atoms with Crippen molar-refractivity contribution in [2.45, 2.75) is 20.4 Å². The molecule has 0 amide bonds. The Morgan fingerprint density at radius 2 is 1.86 bits per heavy atom. The van der Waals surface area contributed by atoms with Crippen LogP contribution in [0.1, 0.15) is 16.7 Å². The molecule has 0 aliphatic heterocycles. The van der Waals surface area contributed by atoms with Gasteiger partial charge in [-0.2, -0.15) is 0 Å². The van der Waals surface area contributed by atoms with E-state index < -0.39 is 0 Å². The van der Waals surface area contributed by atoms with E-state index in [2.05, 4.69) is 54.5 Å². The predicted octanol–water partition coefficient (Wildman–Crippen LogP) is 4.57. The summed E-state index contributed by atoms with van der Waals surface area (Å²) in [5.74, 6) is 0.788. The lowest BCUT2D eigenvalue weighted by Gasteiger charge is -2.10. The molecule has 0 saturated carbocycles. The normalized spacial score (nSPS) is 10.6. The molecule has 1 N–H and O–H groups in total. The van der Waals surface area contributed by atoms with E-state index in [1.165, 1.54) is 23.1 Å². The fourth-order valence-electron chi connectivity index (χ4n) is 2.30. The van der Waals surface area contributed by atoms with Gasteiger partial charge in [0.25, 0.3) is 0 Å². The summed E-state index contributed by atoms with van der Waals surface area (Å²) in [6.45, 7) is 5.09. The molecule has 3 aromatic rings. The maximum atomic E-state index is 5.29. The Kier molecular flexibility index (Phi) is 3.73. The highest BCUT2D eigenvalue weighted by atomic mass is 16.3. The highest BCUT2D eigenvalue weighted by Crippen LogP contribution is 2.21. The molecule has 0 bridgehead atoms. The molecule has 3 nitrogen and oxygen atoms in total. The van der Waals surface area contributed by atoms with Gasteiger partial charge in [-0.3, -0.25) is 0 Å². The fourth-order valence-corrected chi connectivity index (χ4v) is 2.30. The van der Waals surface area contributed by atoms with E-state index in [0.29, 0.717) is 0 Å². The Morgan fingerprint density at radius 1 is 1.05 bits per heavy atom. The minimum atomic E-state index is 0.788. The van der Waals surface area contributed by atoms with Crippen LogP contribution in [0.3, 0.4) is 0 Å². The molecular weight excluding hydrogens is 260 g/mol. The molecule has 0 aliphatic carbocycles. The predicted molar refractivity (Wildman–Crippen MR) is 85.2 cm³/mol. The number of aryl methyl sites for hydroxylation is 2. The van der Waals surface area contributed by atoms with Gasteiger partial charge in [0, 0.05) is 17.8 Å². The van der Waals surface area contributed by atoms with Gasteiger partial charge in [-0.1, -0.05) is 23.8 Å². The molecule has 0 saturated heterocycles. The first-order chi connectivity index (χ1) is 10.2. The lowest BCUT2D eigenvalue weighted by Crippen LogP contribution is -2.01. The third-order valence-electron chi connectivity index (χ3n) is 3.59. The van der Waals surface area contributed by atoms with Gasteiger partial charge in [0.05, 0.1) is 6.20 Å². The van der Waals surface area contributed by atoms with Crippen LogP contribution in [0.5, 0.6) is 0 Å². The van der Waals surface area contributed by atoms with Crippen LogP contribution in [0.2, 0.25) is 0 Å². The van der Waals surface area contributed by atoms with Crippen molar-refractivity contribution in [2.24, 2.45) is 0 Å². The van der Waals surface area contributed by atoms with E-state index in [9.17, 15) is 0 Å². The van der Waals surface area contributed by atoms with Crippen molar-refractivity contribution < 1.29 is 4.42 Å². The number of rotatable bonds is 4. The third-order valence-corrected chi connectivity index (χ3v) is 3.59. The molecule has 0 radical (unpaired) electrons. The van der Waals surface area contributed by atoms with Crippen LogP contribution in [0.25, 0.3) is 11.3 Å². The number of nitrogens with zero attached hydrogens (tertiary/aromatic N) is 1. The number of hydrogen-bond acceptors (Lipinski definition) is 3. The summed E-state index contributed by atoms with van der Waals surface area (Å²) < 4.78 is 5.29. The van der Waals surface area contributed by atoms with E-state index in [0.717, 1.165) is 23.6 Å². The van der Waals surface area contributed by atoms with E-state index >= 15 is 0 Å². The number of benzene rings is 2. The molecule has 0 atom stereocenters. The quantitative estimate of drug-likeness (QED) is 0.759. The summed E-state index contributed by atoms with van der Waals surface area (Å²) in [4.78, 5) is 3.93. The fraction of sp³-hybridized carbons (Fsp3) is 0.167. The van der Waals surface area contributed by atoms with Crippen molar-refractivity contribution in [3.8, 4) is 11.3 Å². The molecule has 1 aromatic heterocycles. The van der Waals surface area contributed by atoms with Crippen molar-refractivity contribution in [1.29, 1.82) is 0 Å². The van der Waals surface area contributed by atoms with E-state index in [1.807, 2.05) is 12.1 Å². The van der Waals surface area contributed by atoms with Gasteiger partial charge < -0.3 is 9.73 Å². The number of anilines is 1. The second-order valence-corrected chi connectivity index (χ2v) is 5.23. The summed E-state index contributed by atoms with van der Waals surface area (Å²) >= 11 is 0. The monoisotopic (exact) mass is 278 g/mol. The molecule has 2 aromatic carbocycles. The molecule has 3 heteroatoms. The Morgan fingerprint density at radius 3 is 2.57 bits per heavy atom. The van der Waals surface area contributed by atoms with Crippen molar-refractivity contribution in [3.63, 3.8) is 0 Å². The Hall–Kier alpha value is -2.55. The zero-order valence-electron chi connectivity index (χ0n) is 12.3. The molecule has 0 spiro atoms.